The van der Waals surface area contributed by atoms with Gasteiger partial charge in [0.05, 0.1) is 9.90 Å². The molecule has 3 nitrogen and oxygen atoms in total. The zero-order valence-corrected chi connectivity index (χ0v) is 13.6. The molecule has 7 heteroatoms. The van der Waals surface area contributed by atoms with Crippen LogP contribution >= 0.6 is 50.5 Å². The Kier molecular flexibility index (Phi) is 5.33. The summed E-state index contributed by atoms with van der Waals surface area (Å²) in [6, 6.07) is 1.65. The second-order valence-corrected chi connectivity index (χ2v) is 7.14. The molecule has 1 amide bonds. The molecule has 1 aliphatic rings. The number of rotatable bonds is 3. The normalized spacial score (nSPS) is 17.2. The number of halogens is 3. The van der Waals surface area contributed by atoms with Gasteiger partial charge in [0, 0.05) is 38.1 Å². The maximum atomic E-state index is 12.3. The second kappa shape index (κ2) is 6.57. The summed E-state index contributed by atoms with van der Waals surface area (Å²) in [6.07, 6.45) is 0. The first-order valence-electron chi connectivity index (χ1n) is 5.64. The Labute approximate surface area is 129 Å². The molecule has 1 aromatic rings. The number of thiophene rings is 1. The highest BCUT2D eigenvalue weighted by Gasteiger charge is 2.24. The minimum Gasteiger partial charge on any atom is -0.336 e. The summed E-state index contributed by atoms with van der Waals surface area (Å²) >= 11 is 16.5. The molecular formula is C11H13BrCl2N2OS. The lowest BCUT2D eigenvalue weighted by Gasteiger charge is -2.34. The smallest absolute Gasteiger partial charge is 0.256 e. The van der Waals surface area contributed by atoms with Gasteiger partial charge in [0.25, 0.3) is 5.91 Å². The summed E-state index contributed by atoms with van der Waals surface area (Å²) in [5.41, 5.74) is 0.528. The fourth-order valence-corrected chi connectivity index (χ4v) is 3.90. The van der Waals surface area contributed by atoms with Gasteiger partial charge in [-0.2, -0.15) is 0 Å². The van der Waals surface area contributed by atoms with Crippen LogP contribution in [0.4, 0.5) is 0 Å². The Morgan fingerprint density at radius 2 is 2.00 bits per heavy atom. The lowest BCUT2D eigenvalue weighted by Crippen LogP contribution is -2.49. The quantitative estimate of drug-likeness (QED) is 0.761. The van der Waals surface area contributed by atoms with Crippen LogP contribution in [0.2, 0.25) is 8.67 Å². The van der Waals surface area contributed by atoms with Gasteiger partial charge in [0.1, 0.15) is 4.34 Å². The molecule has 0 N–H and O–H groups in total. The van der Waals surface area contributed by atoms with Crippen molar-refractivity contribution in [2.75, 3.05) is 38.1 Å². The third kappa shape index (κ3) is 3.39. The number of hydrogen-bond donors (Lipinski definition) is 0. The Bertz CT molecular complexity index is 433. The van der Waals surface area contributed by atoms with Crippen LogP contribution in [-0.4, -0.2) is 53.8 Å². The molecule has 1 fully saturated rings. The van der Waals surface area contributed by atoms with E-state index in [9.17, 15) is 4.79 Å². The molecule has 0 bridgehead atoms. The molecule has 0 saturated carbocycles. The summed E-state index contributed by atoms with van der Waals surface area (Å²) in [7, 11) is 0. The molecule has 1 saturated heterocycles. The molecular weight excluding hydrogens is 359 g/mol. The van der Waals surface area contributed by atoms with Crippen LogP contribution in [0.15, 0.2) is 6.07 Å². The zero-order chi connectivity index (χ0) is 13.1. The van der Waals surface area contributed by atoms with Gasteiger partial charge in [-0.05, 0) is 6.07 Å². The van der Waals surface area contributed by atoms with Crippen LogP contribution in [0.5, 0.6) is 0 Å². The molecule has 18 heavy (non-hydrogen) atoms. The Balaban J connectivity index is 1.97. The van der Waals surface area contributed by atoms with Gasteiger partial charge < -0.3 is 4.90 Å². The number of nitrogens with zero attached hydrogens (tertiary/aromatic N) is 2. The highest BCUT2D eigenvalue weighted by molar-refractivity contribution is 9.09. The third-order valence-electron chi connectivity index (χ3n) is 2.95. The Hall–Kier alpha value is 0.190. The first kappa shape index (κ1) is 14.6. The molecule has 1 aromatic heterocycles. The van der Waals surface area contributed by atoms with E-state index in [1.807, 2.05) is 4.90 Å². The first-order valence-corrected chi connectivity index (χ1v) is 8.33. The second-order valence-electron chi connectivity index (χ2n) is 4.06. The predicted octanol–water partition coefficient (Wildman–Crippen LogP) is 3.21. The molecule has 0 unspecified atom stereocenters. The molecule has 0 radical (unpaired) electrons. The predicted molar refractivity (Wildman–Crippen MR) is 80.5 cm³/mol. The van der Waals surface area contributed by atoms with Crippen molar-refractivity contribution in [2.24, 2.45) is 0 Å². The van der Waals surface area contributed by atoms with Gasteiger partial charge in [-0.25, -0.2) is 0 Å². The van der Waals surface area contributed by atoms with Crippen molar-refractivity contribution in [3.8, 4) is 0 Å². The van der Waals surface area contributed by atoms with E-state index in [1.165, 1.54) is 11.3 Å². The van der Waals surface area contributed by atoms with Crippen molar-refractivity contribution >= 4 is 56.4 Å². The number of amides is 1. The molecule has 0 spiro atoms. The van der Waals surface area contributed by atoms with Crippen molar-refractivity contribution in [1.82, 2.24) is 9.80 Å². The SMILES string of the molecule is O=C(c1cc(Cl)sc1Cl)N1CCN(CCBr)CC1. The van der Waals surface area contributed by atoms with Crippen LogP contribution in [0.1, 0.15) is 10.4 Å². The monoisotopic (exact) mass is 370 g/mol. The van der Waals surface area contributed by atoms with E-state index in [-0.39, 0.29) is 5.91 Å². The van der Waals surface area contributed by atoms with Crippen LogP contribution in [0.25, 0.3) is 0 Å². The van der Waals surface area contributed by atoms with E-state index in [2.05, 4.69) is 20.8 Å². The van der Waals surface area contributed by atoms with Gasteiger partial charge in [0.15, 0.2) is 0 Å². The van der Waals surface area contributed by atoms with Gasteiger partial charge >= 0.3 is 0 Å². The summed E-state index contributed by atoms with van der Waals surface area (Å²) in [6.45, 7) is 4.33. The summed E-state index contributed by atoms with van der Waals surface area (Å²) in [5, 5.41) is 0.965. The van der Waals surface area contributed by atoms with Crippen LogP contribution < -0.4 is 0 Å². The fourth-order valence-electron chi connectivity index (χ4n) is 1.95. The standard InChI is InChI=1S/C11H13BrCl2N2OS/c12-1-2-15-3-5-16(6-4-15)11(17)8-7-9(13)18-10(8)14/h7H,1-6H2. The van der Waals surface area contributed by atoms with Crippen LogP contribution in [0, 0.1) is 0 Å². The van der Waals surface area contributed by atoms with E-state index in [0.29, 0.717) is 14.2 Å². The summed E-state index contributed by atoms with van der Waals surface area (Å²) < 4.78 is 1.04. The maximum absolute atomic E-state index is 12.3. The molecule has 0 atom stereocenters. The molecule has 2 heterocycles. The molecule has 2 rings (SSSR count). The lowest BCUT2D eigenvalue weighted by atomic mass is 10.2. The number of carbonyl (C=O) groups excluding carboxylic acids is 1. The summed E-state index contributed by atoms with van der Waals surface area (Å²) in [5.74, 6) is -0.0124. The largest absolute Gasteiger partial charge is 0.336 e. The number of alkyl halides is 1. The Morgan fingerprint density at radius 1 is 1.33 bits per heavy atom. The highest BCUT2D eigenvalue weighted by atomic mass is 79.9. The lowest BCUT2D eigenvalue weighted by molar-refractivity contribution is 0.0645. The van der Waals surface area contributed by atoms with E-state index in [4.69, 9.17) is 23.2 Å². The van der Waals surface area contributed by atoms with Gasteiger partial charge in [-0.3, -0.25) is 9.69 Å². The number of carbonyl (C=O) groups is 1. The molecule has 1 aliphatic heterocycles. The summed E-state index contributed by atoms with van der Waals surface area (Å²) in [4.78, 5) is 16.4. The van der Waals surface area contributed by atoms with Crippen molar-refractivity contribution < 1.29 is 4.79 Å². The first-order chi connectivity index (χ1) is 8.61. The molecule has 0 aliphatic carbocycles. The van der Waals surface area contributed by atoms with E-state index in [1.54, 1.807) is 6.07 Å². The van der Waals surface area contributed by atoms with Crippen molar-refractivity contribution in [3.05, 3.63) is 20.3 Å². The topological polar surface area (TPSA) is 23.6 Å². The Morgan fingerprint density at radius 3 is 2.50 bits per heavy atom. The molecule has 100 valence electrons. The van der Waals surface area contributed by atoms with Gasteiger partial charge in [-0.1, -0.05) is 39.1 Å². The van der Waals surface area contributed by atoms with Gasteiger partial charge in [-0.15, -0.1) is 11.3 Å². The average molecular weight is 372 g/mol. The van der Waals surface area contributed by atoms with E-state index >= 15 is 0 Å². The van der Waals surface area contributed by atoms with Crippen LogP contribution in [0.3, 0.4) is 0 Å². The van der Waals surface area contributed by atoms with E-state index in [0.717, 1.165) is 38.1 Å². The van der Waals surface area contributed by atoms with Crippen molar-refractivity contribution in [1.29, 1.82) is 0 Å². The number of piperazine rings is 1. The van der Waals surface area contributed by atoms with E-state index < -0.39 is 0 Å². The minimum atomic E-state index is -0.0124. The van der Waals surface area contributed by atoms with Crippen LogP contribution in [-0.2, 0) is 0 Å². The third-order valence-corrected chi connectivity index (χ3v) is 4.79. The maximum Gasteiger partial charge on any atom is 0.256 e. The highest BCUT2D eigenvalue weighted by Crippen LogP contribution is 2.32. The zero-order valence-electron chi connectivity index (χ0n) is 9.66. The van der Waals surface area contributed by atoms with Gasteiger partial charge in [0.2, 0.25) is 0 Å². The van der Waals surface area contributed by atoms with Crippen molar-refractivity contribution in [3.63, 3.8) is 0 Å². The number of hydrogen-bond acceptors (Lipinski definition) is 3. The van der Waals surface area contributed by atoms with Crippen molar-refractivity contribution in [2.45, 2.75) is 0 Å². The average Bonchev–Trinajstić information content (AvgIpc) is 2.69. The fraction of sp³-hybridized carbons (Fsp3) is 0.545. The molecule has 0 aromatic carbocycles. The minimum absolute atomic E-state index is 0.0124.